The average molecular weight is 313 g/mol. The number of benzene rings is 1. The molecule has 0 aliphatic carbocycles. The van der Waals surface area contributed by atoms with E-state index in [1.807, 2.05) is 0 Å². The minimum absolute atomic E-state index is 0.0806. The summed E-state index contributed by atoms with van der Waals surface area (Å²) >= 11 is 0. The third kappa shape index (κ3) is 5.85. The van der Waals surface area contributed by atoms with Gasteiger partial charge in [0.05, 0.1) is 17.1 Å². The van der Waals surface area contributed by atoms with E-state index in [2.05, 4.69) is 6.92 Å². The van der Waals surface area contributed by atoms with Crippen molar-refractivity contribution in [1.29, 1.82) is 0 Å². The van der Waals surface area contributed by atoms with Crippen LogP contribution in [-0.2, 0) is 14.8 Å². The lowest BCUT2D eigenvalue weighted by Crippen LogP contribution is -2.14. The molecule has 5 nitrogen and oxygen atoms in total. The normalized spacial score (nSPS) is 11.4. The van der Waals surface area contributed by atoms with Crippen LogP contribution in [0.4, 0.5) is 0 Å². The van der Waals surface area contributed by atoms with Crippen molar-refractivity contribution in [2.24, 2.45) is 5.14 Å². The first-order valence-corrected chi connectivity index (χ1v) is 8.71. The van der Waals surface area contributed by atoms with E-state index in [4.69, 9.17) is 9.88 Å². The zero-order chi connectivity index (χ0) is 15.9. The Labute approximate surface area is 126 Å². The zero-order valence-electron chi connectivity index (χ0n) is 12.6. The molecule has 118 valence electrons. The number of sulfonamides is 1. The van der Waals surface area contributed by atoms with Gasteiger partial charge in [0.15, 0.2) is 0 Å². The number of primary sulfonamides is 1. The summed E-state index contributed by atoms with van der Waals surface area (Å²) in [5.41, 5.74) is 0.911. The Morgan fingerprint density at radius 2 is 1.86 bits per heavy atom. The van der Waals surface area contributed by atoms with Gasteiger partial charge in [-0.15, -0.1) is 0 Å². The number of carbonyl (C=O) groups excluding carboxylic acids is 1. The Hall–Kier alpha value is -1.40. The average Bonchev–Trinajstić information content (AvgIpc) is 2.41. The van der Waals surface area contributed by atoms with Crippen LogP contribution >= 0.6 is 0 Å². The zero-order valence-corrected chi connectivity index (χ0v) is 13.4. The lowest BCUT2D eigenvalue weighted by atomic mass is 10.1. The summed E-state index contributed by atoms with van der Waals surface area (Å²) in [7, 11) is -3.82. The highest BCUT2D eigenvalue weighted by Crippen LogP contribution is 2.16. The predicted octanol–water partition coefficient (Wildman–Crippen LogP) is 2.77. The number of esters is 1. The van der Waals surface area contributed by atoms with Crippen LogP contribution in [-0.4, -0.2) is 21.0 Å². The van der Waals surface area contributed by atoms with Crippen LogP contribution in [0, 0.1) is 6.92 Å². The molecule has 0 saturated heterocycles. The summed E-state index contributed by atoms with van der Waals surface area (Å²) in [4.78, 5) is 11.9. The summed E-state index contributed by atoms with van der Waals surface area (Å²) in [5.74, 6) is -0.506. The van der Waals surface area contributed by atoms with E-state index in [-0.39, 0.29) is 10.5 Å². The number of ether oxygens (including phenoxy) is 1. The van der Waals surface area contributed by atoms with Crippen LogP contribution in [0.25, 0.3) is 0 Å². The maximum atomic E-state index is 12.0. The second-order valence-electron chi connectivity index (χ2n) is 5.07. The second kappa shape index (κ2) is 8.14. The third-order valence-electron chi connectivity index (χ3n) is 3.24. The van der Waals surface area contributed by atoms with Gasteiger partial charge in [0, 0.05) is 0 Å². The van der Waals surface area contributed by atoms with Crippen molar-refractivity contribution >= 4 is 16.0 Å². The van der Waals surface area contributed by atoms with E-state index in [1.165, 1.54) is 25.0 Å². The van der Waals surface area contributed by atoms with Gasteiger partial charge in [-0.1, -0.05) is 38.7 Å². The summed E-state index contributed by atoms with van der Waals surface area (Å²) in [6.07, 6.45) is 5.33. The fourth-order valence-electron chi connectivity index (χ4n) is 1.95. The number of aryl methyl sites for hydroxylation is 1. The quantitative estimate of drug-likeness (QED) is 0.590. The Balaban J connectivity index is 2.62. The molecule has 0 bridgehead atoms. The molecule has 0 amide bonds. The molecule has 0 fully saturated rings. The first-order chi connectivity index (χ1) is 9.86. The van der Waals surface area contributed by atoms with Crippen LogP contribution in [0.15, 0.2) is 23.1 Å². The number of hydrogen-bond donors (Lipinski definition) is 1. The molecule has 1 aromatic rings. The van der Waals surface area contributed by atoms with Gasteiger partial charge in [0.2, 0.25) is 10.0 Å². The molecule has 0 spiro atoms. The summed E-state index contributed by atoms with van der Waals surface area (Å²) in [5, 5.41) is 5.06. The monoisotopic (exact) mass is 313 g/mol. The van der Waals surface area contributed by atoms with Crippen molar-refractivity contribution in [3.8, 4) is 0 Å². The molecule has 0 heterocycles. The van der Waals surface area contributed by atoms with E-state index >= 15 is 0 Å². The Bertz CT molecular complexity index is 581. The number of rotatable bonds is 8. The number of nitrogens with two attached hydrogens (primary N) is 1. The molecule has 6 heteroatoms. The lowest BCUT2D eigenvalue weighted by Gasteiger charge is -2.08. The summed E-state index contributed by atoms with van der Waals surface area (Å²) < 4.78 is 27.8. The van der Waals surface area contributed by atoms with Crippen LogP contribution in [0.2, 0.25) is 0 Å². The molecule has 0 saturated carbocycles. The Morgan fingerprint density at radius 1 is 1.19 bits per heavy atom. The van der Waals surface area contributed by atoms with Crippen LogP contribution < -0.4 is 5.14 Å². The van der Waals surface area contributed by atoms with E-state index in [1.54, 1.807) is 13.0 Å². The molecule has 21 heavy (non-hydrogen) atoms. The third-order valence-corrected chi connectivity index (χ3v) is 4.15. The van der Waals surface area contributed by atoms with Crippen molar-refractivity contribution in [3.05, 3.63) is 29.3 Å². The van der Waals surface area contributed by atoms with Crippen molar-refractivity contribution in [3.63, 3.8) is 0 Å². The standard InChI is InChI=1S/C15H23NO4S/c1-3-4-5-6-7-10-20-15(17)14-11-13(21(16,18)19)9-8-12(14)2/h8-9,11H,3-7,10H2,1-2H3,(H2,16,18,19). The van der Waals surface area contributed by atoms with Crippen molar-refractivity contribution in [2.45, 2.75) is 50.8 Å². The molecule has 1 rings (SSSR count). The summed E-state index contributed by atoms with van der Waals surface area (Å²) in [6.45, 7) is 4.22. The minimum atomic E-state index is -3.82. The van der Waals surface area contributed by atoms with Gasteiger partial charge in [-0.2, -0.15) is 0 Å². The SMILES string of the molecule is CCCCCCCOC(=O)c1cc(S(N)(=O)=O)ccc1C. The molecular weight excluding hydrogens is 290 g/mol. The number of hydrogen-bond acceptors (Lipinski definition) is 4. The minimum Gasteiger partial charge on any atom is -0.462 e. The molecule has 0 aromatic heterocycles. The first-order valence-electron chi connectivity index (χ1n) is 7.17. The molecule has 0 unspecified atom stereocenters. The van der Waals surface area contributed by atoms with Gasteiger partial charge in [0.1, 0.15) is 0 Å². The lowest BCUT2D eigenvalue weighted by molar-refractivity contribution is 0.0496. The second-order valence-corrected chi connectivity index (χ2v) is 6.63. The van der Waals surface area contributed by atoms with E-state index in [0.717, 1.165) is 19.3 Å². The molecule has 0 atom stereocenters. The van der Waals surface area contributed by atoms with Crippen molar-refractivity contribution in [1.82, 2.24) is 0 Å². The Kier molecular flexibility index (Phi) is 6.84. The van der Waals surface area contributed by atoms with Crippen LogP contribution in [0.5, 0.6) is 0 Å². The highest BCUT2D eigenvalue weighted by Gasteiger charge is 2.15. The van der Waals surface area contributed by atoms with Gasteiger partial charge >= 0.3 is 5.97 Å². The molecule has 0 radical (unpaired) electrons. The van der Waals surface area contributed by atoms with E-state index in [0.29, 0.717) is 12.2 Å². The molecule has 1 aromatic carbocycles. The van der Waals surface area contributed by atoms with Crippen LogP contribution in [0.1, 0.15) is 54.9 Å². The topological polar surface area (TPSA) is 86.5 Å². The predicted molar refractivity (Wildman–Crippen MR) is 81.6 cm³/mol. The smallest absolute Gasteiger partial charge is 0.338 e. The highest BCUT2D eigenvalue weighted by molar-refractivity contribution is 7.89. The molecular formula is C15H23NO4S. The van der Waals surface area contributed by atoms with Crippen molar-refractivity contribution in [2.75, 3.05) is 6.61 Å². The van der Waals surface area contributed by atoms with Gasteiger partial charge in [-0.3, -0.25) is 0 Å². The Morgan fingerprint density at radius 3 is 2.48 bits per heavy atom. The summed E-state index contributed by atoms with van der Waals surface area (Å²) in [6, 6.07) is 4.20. The number of carbonyl (C=O) groups is 1. The maximum absolute atomic E-state index is 12.0. The van der Waals surface area contributed by atoms with Crippen LogP contribution in [0.3, 0.4) is 0 Å². The fourth-order valence-corrected chi connectivity index (χ4v) is 2.49. The highest BCUT2D eigenvalue weighted by atomic mass is 32.2. The van der Waals surface area contributed by atoms with Gasteiger partial charge in [-0.25, -0.2) is 18.4 Å². The molecule has 0 aliphatic rings. The van der Waals surface area contributed by atoms with Gasteiger partial charge in [-0.05, 0) is 31.0 Å². The number of unbranched alkanes of at least 4 members (excludes halogenated alkanes) is 4. The largest absolute Gasteiger partial charge is 0.462 e. The maximum Gasteiger partial charge on any atom is 0.338 e. The molecule has 0 aliphatic heterocycles. The molecule has 2 N–H and O–H groups in total. The van der Waals surface area contributed by atoms with E-state index < -0.39 is 16.0 Å². The fraction of sp³-hybridized carbons (Fsp3) is 0.533. The van der Waals surface area contributed by atoms with Crippen molar-refractivity contribution < 1.29 is 17.9 Å². The van der Waals surface area contributed by atoms with Gasteiger partial charge in [0.25, 0.3) is 0 Å². The van der Waals surface area contributed by atoms with Gasteiger partial charge < -0.3 is 4.74 Å². The van der Waals surface area contributed by atoms with E-state index in [9.17, 15) is 13.2 Å². The first kappa shape index (κ1) is 17.7.